The molecule has 0 unspecified atom stereocenters. The Balaban J connectivity index is 1.10. The number of piperidine rings is 2. The van der Waals surface area contributed by atoms with Gasteiger partial charge in [0.25, 0.3) is 0 Å². The summed E-state index contributed by atoms with van der Waals surface area (Å²) in [6.45, 7) is 13.3. The van der Waals surface area contributed by atoms with Gasteiger partial charge in [0.2, 0.25) is 18.7 Å². The SMILES string of the molecule is CC(C)CN1CC[C@]2(C[C@@H]1C)OCCc1c2sc(CC(F)F)c1-c1coc(CN2CC[C@]3(C[C@@H]2C)OCCc2cc(CC(F)F)sc23)n1. The van der Waals surface area contributed by atoms with Gasteiger partial charge in [0, 0.05) is 69.6 Å². The summed E-state index contributed by atoms with van der Waals surface area (Å²) in [7, 11) is 0. The molecule has 3 aromatic rings. The van der Waals surface area contributed by atoms with E-state index in [9.17, 15) is 17.6 Å². The van der Waals surface area contributed by atoms with Gasteiger partial charge in [0.15, 0.2) is 0 Å². The molecule has 264 valence electrons. The molecule has 4 aliphatic rings. The van der Waals surface area contributed by atoms with Crippen molar-refractivity contribution in [3.05, 3.63) is 48.9 Å². The van der Waals surface area contributed by atoms with Crippen LogP contribution in [0.5, 0.6) is 0 Å². The third-order valence-electron chi connectivity index (χ3n) is 10.8. The molecule has 4 atom stereocenters. The van der Waals surface area contributed by atoms with Gasteiger partial charge in [-0.1, -0.05) is 13.8 Å². The molecule has 0 N–H and O–H groups in total. The maximum Gasteiger partial charge on any atom is 0.243 e. The molecule has 0 aromatic carbocycles. The van der Waals surface area contributed by atoms with Crippen molar-refractivity contribution >= 4 is 22.7 Å². The fraction of sp³-hybridized carbons (Fsp3) is 0.694. The van der Waals surface area contributed by atoms with Crippen LogP contribution in [0.15, 0.2) is 16.7 Å². The second-order valence-corrected chi connectivity index (χ2v) is 17.0. The highest BCUT2D eigenvalue weighted by atomic mass is 32.1. The third-order valence-corrected chi connectivity index (χ3v) is 13.6. The number of oxazole rings is 1. The van der Waals surface area contributed by atoms with Gasteiger partial charge in [-0.15, -0.1) is 22.7 Å². The van der Waals surface area contributed by atoms with Crippen molar-refractivity contribution in [3.8, 4) is 11.3 Å². The molecule has 2 spiro atoms. The van der Waals surface area contributed by atoms with E-state index in [1.165, 1.54) is 22.7 Å². The molecule has 7 heterocycles. The van der Waals surface area contributed by atoms with Crippen LogP contribution in [0.25, 0.3) is 11.3 Å². The number of hydrogen-bond acceptors (Lipinski definition) is 8. The van der Waals surface area contributed by atoms with Crippen LogP contribution in [0.3, 0.4) is 0 Å². The minimum absolute atomic E-state index is 0.143. The lowest BCUT2D eigenvalue weighted by Crippen LogP contribution is -2.51. The lowest BCUT2D eigenvalue weighted by atomic mass is 9.80. The standard InChI is InChI=1S/C36H47F4N3O3S2/c1-21(2)18-42-9-8-36(17-22(42)3)34-26(6-12-46-36)32(28(48-34)15-30(39)40)27-20-44-31(41-27)19-43-10-7-35(16-23(43)4)33-24(5-11-45-35)13-25(47-33)14-29(37)38/h13,20-23,29-30H,5-12,14-19H2,1-4H3/t22-,23-,35+,36+/m0/s1. The molecule has 12 heteroatoms. The van der Waals surface area contributed by atoms with E-state index in [-0.39, 0.29) is 18.9 Å². The van der Waals surface area contributed by atoms with Crippen molar-refractivity contribution in [2.45, 2.75) is 122 Å². The third kappa shape index (κ3) is 6.66. The first-order valence-corrected chi connectivity index (χ1v) is 19.1. The topological polar surface area (TPSA) is 51.0 Å². The highest BCUT2D eigenvalue weighted by Crippen LogP contribution is 2.52. The van der Waals surface area contributed by atoms with Crippen molar-refractivity contribution in [2.24, 2.45) is 5.92 Å². The van der Waals surface area contributed by atoms with Gasteiger partial charge in [-0.3, -0.25) is 4.90 Å². The quantitative estimate of drug-likeness (QED) is 0.208. The lowest BCUT2D eigenvalue weighted by Gasteiger charge is -2.47. The predicted octanol–water partition coefficient (Wildman–Crippen LogP) is 8.44. The van der Waals surface area contributed by atoms with E-state index in [4.69, 9.17) is 18.9 Å². The van der Waals surface area contributed by atoms with Crippen molar-refractivity contribution in [1.82, 2.24) is 14.8 Å². The Hall–Kier alpha value is -1.83. The smallest absolute Gasteiger partial charge is 0.243 e. The van der Waals surface area contributed by atoms with Crippen molar-refractivity contribution in [1.29, 1.82) is 0 Å². The summed E-state index contributed by atoms with van der Waals surface area (Å²) in [5, 5.41) is 0. The van der Waals surface area contributed by atoms with E-state index in [1.54, 1.807) is 6.26 Å². The van der Waals surface area contributed by atoms with Crippen molar-refractivity contribution in [3.63, 3.8) is 0 Å². The Morgan fingerprint density at radius 3 is 2.23 bits per heavy atom. The molecule has 0 bridgehead atoms. The number of aromatic nitrogens is 1. The lowest BCUT2D eigenvalue weighted by molar-refractivity contribution is -0.111. The normalized spacial score (nSPS) is 28.3. The summed E-state index contributed by atoms with van der Waals surface area (Å²) in [5.41, 5.74) is 2.81. The molecule has 0 aliphatic carbocycles. The van der Waals surface area contributed by atoms with Crippen LogP contribution < -0.4 is 0 Å². The number of nitrogens with zero attached hydrogens (tertiary/aromatic N) is 3. The Morgan fingerprint density at radius 2 is 1.56 bits per heavy atom. The van der Waals surface area contributed by atoms with E-state index >= 15 is 0 Å². The summed E-state index contributed by atoms with van der Waals surface area (Å²) in [6, 6.07) is 2.44. The Bertz CT molecular complexity index is 1590. The average Bonchev–Trinajstić information content (AvgIpc) is 3.73. The van der Waals surface area contributed by atoms with E-state index < -0.39 is 24.1 Å². The number of halogens is 4. The highest BCUT2D eigenvalue weighted by Gasteiger charge is 2.47. The number of fused-ring (bicyclic) bond motifs is 4. The zero-order chi connectivity index (χ0) is 33.8. The Kier molecular flexibility index (Phi) is 9.89. The van der Waals surface area contributed by atoms with Crippen LogP contribution >= 0.6 is 22.7 Å². The van der Waals surface area contributed by atoms with Crippen molar-refractivity contribution in [2.75, 3.05) is 32.8 Å². The Morgan fingerprint density at radius 1 is 0.896 bits per heavy atom. The number of ether oxygens (including phenoxy) is 2. The van der Waals surface area contributed by atoms with Crippen LogP contribution in [-0.2, 0) is 52.9 Å². The molecular formula is C36H47F4N3O3S2. The van der Waals surface area contributed by atoms with E-state index in [0.29, 0.717) is 54.6 Å². The van der Waals surface area contributed by atoms with Gasteiger partial charge in [0.1, 0.15) is 23.2 Å². The zero-order valence-corrected chi connectivity index (χ0v) is 30.0. The van der Waals surface area contributed by atoms with E-state index in [1.807, 2.05) is 6.07 Å². The first kappa shape index (κ1) is 34.6. The van der Waals surface area contributed by atoms with Crippen LogP contribution in [0, 0.1) is 5.92 Å². The highest BCUT2D eigenvalue weighted by molar-refractivity contribution is 7.13. The summed E-state index contributed by atoms with van der Waals surface area (Å²) in [5.74, 6) is 1.14. The monoisotopic (exact) mass is 709 g/mol. The van der Waals surface area contributed by atoms with Crippen molar-refractivity contribution < 1.29 is 31.5 Å². The maximum atomic E-state index is 14.0. The molecule has 2 fully saturated rings. The van der Waals surface area contributed by atoms with Gasteiger partial charge in [-0.2, -0.15) is 0 Å². The average molecular weight is 710 g/mol. The number of hydrogen-bond donors (Lipinski definition) is 0. The number of thiophene rings is 2. The van der Waals surface area contributed by atoms with Gasteiger partial charge in [-0.05, 0) is 75.5 Å². The van der Waals surface area contributed by atoms with Crippen LogP contribution in [0.2, 0.25) is 0 Å². The molecule has 7 rings (SSSR count). The molecule has 4 aliphatic heterocycles. The van der Waals surface area contributed by atoms with Crippen LogP contribution in [0.1, 0.15) is 89.9 Å². The zero-order valence-electron chi connectivity index (χ0n) is 28.3. The minimum atomic E-state index is -2.46. The first-order valence-electron chi connectivity index (χ1n) is 17.5. The van der Waals surface area contributed by atoms with Crippen LogP contribution in [-0.4, -0.2) is 72.6 Å². The Labute approximate surface area is 288 Å². The summed E-state index contributed by atoms with van der Waals surface area (Å²) < 4.78 is 73.3. The molecule has 0 amide bonds. The fourth-order valence-electron chi connectivity index (χ4n) is 8.68. The molecule has 0 saturated carbocycles. The largest absolute Gasteiger partial charge is 0.447 e. The number of rotatable bonds is 9. The second kappa shape index (κ2) is 13.7. The van der Waals surface area contributed by atoms with Gasteiger partial charge < -0.3 is 18.8 Å². The number of likely N-dealkylation sites (tertiary alicyclic amines) is 2. The molecule has 0 radical (unpaired) electrons. The summed E-state index contributed by atoms with van der Waals surface area (Å²) in [4.78, 5) is 13.4. The van der Waals surface area contributed by atoms with E-state index in [2.05, 4.69) is 37.5 Å². The molecule has 3 aromatic heterocycles. The summed E-state index contributed by atoms with van der Waals surface area (Å²) >= 11 is 2.98. The molecular weight excluding hydrogens is 663 g/mol. The molecule has 2 saturated heterocycles. The fourth-order valence-corrected chi connectivity index (χ4v) is 11.6. The number of alkyl halides is 4. The van der Waals surface area contributed by atoms with Gasteiger partial charge in [0.05, 0.1) is 19.8 Å². The minimum Gasteiger partial charge on any atom is -0.447 e. The van der Waals surface area contributed by atoms with Gasteiger partial charge >= 0.3 is 0 Å². The molecule has 6 nitrogen and oxygen atoms in total. The molecule has 48 heavy (non-hydrogen) atoms. The second-order valence-electron chi connectivity index (χ2n) is 14.7. The van der Waals surface area contributed by atoms with Crippen LogP contribution in [0.4, 0.5) is 17.6 Å². The summed E-state index contributed by atoms with van der Waals surface area (Å²) in [6.07, 6.45) is 0.968. The van der Waals surface area contributed by atoms with E-state index in [0.717, 1.165) is 83.1 Å². The first-order chi connectivity index (χ1) is 22.9. The van der Waals surface area contributed by atoms with Gasteiger partial charge in [-0.25, -0.2) is 22.5 Å². The maximum absolute atomic E-state index is 14.0. The predicted molar refractivity (Wildman–Crippen MR) is 180 cm³/mol.